The maximum Gasteiger partial charge on any atom is 0.222 e. The van der Waals surface area contributed by atoms with E-state index in [1.165, 1.54) is 0 Å². The number of rotatable bonds is 6. The van der Waals surface area contributed by atoms with Crippen LogP contribution in [-0.4, -0.2) is 29.9 Å². The molecule has 0 aliphatic heterocycles. The first-order chi connectivity index (χ1) is 6.61. The molecule has 0 heterocycles. The summed E-state index contributed by atoms with van der Waals surface area (Å²) in [6.45, 7) is 5.00. The number of carbonyl (C=O) groups is 1. The van der Waals surface area contributed by atoms with Gasteiger partial charge in [0.05, 0.1) is 12.5 Å². The standard InChI is InChI=1S/C10H19N3O/c1-3-13(8-4-7-11)10(14)6-5-9(2)12/h9H,3-6,8,12H2,1-2H3. The monoisotopic (exact) mass is 197 g/mol. The third kappa shape index (κ3) is 5.55. The topological polar surface area (TPSA) is 70.1 Å². The van der Waals surface area contributed by atoms with Gasteiger partial charge in [-0.2, -0.15) is 5.26 Å². The lowest BCUT2D eigenvalue weighted by Crippen LogP contribution is -2.32. The Hall–Kier alpha value is -1.08. The van der Waals surface area contributed by atoms with E-state index in [0.29, 0.717) is 32.4 Å². The third-order valence-electron chi connectivity index (χ3n) is 2.04. The van der Waals surface area contributed by atoms with E-state index in [1.807, 2.05) is 19.9 Å². The zero-order valence-electron chi connectivity index (χ0n) is 8.99. The smallest absolute Gasteiger partial charge is 0.222 e. The number of hydrogen-bond donors (Lipinski definition) is 1. The van der Waals surface area contributed by atoms with Crippen molar-refractivity contribution in [1.82, 2.24) is 4.90 Å². The highest BCUT2D eigenvalue weighted by Crippen LogP contribution is 2.00. The molecule has 0 aliphatic rings. The van der Waals surface area contributed by atoms with E-state index < -0.39 is 0 Å². The lowest BCUT2D eigenvalue weighted by atomic mass is 10.2. The summed E-state index contributed by atoms with van der Waals surface area (Å²) in [6.07, 6.45) is 1.59. The minimum absolute atomic E-state index is 0.0635. The van der Waals surface area contributed by atoms with Gasteiger partial charge >= 0.3 is 0 Å². The van der Waals surface area contributed by atoms with E-state index in [0.717, 1.165) is 0 Å². The second kappa shape index (κ2) is 7.34. The molecule has 0 aromatic rings. The first-order valence-electron chi connectivity index (χ1n) is 5.02. The molecule has 1 amide bonds. The summed E-state index contributed by atoms with van der Waals surface area (Å²) in [5.74, 6) is 0.0973. The molecular formula is C10H19N3O. The van der Waals surface area contributed by atoms with Crippen LogP contribution in [0, 0.1) is 11.3 Å². The van der Waals surface area contributed by atoms with Crippen LogP contribution < -0.4 is 5.73 Å². The van der Waals surface area contributed by atoms with Crippen LogP contribution in [0.1, 0.15) is 33.1 Å². The highest BCUT2D eigenvalue weighted by Gasteiger charge is 2.11. The molecule has 4 heteroatoms. The summed E-state index contributed by atoms with van der Waals surface area (Å²) < 4.78 is 0. The molecule has 14 heavy (non-hydrogen) atoms. The Balaban J connectivity index is 3.86. The van der Waals surface area contributed by atoms with Crippen molar-refractivity contribution in [2.24, 2.45) is 5.73 Å². The van der Waals surface area contributed by atoms with Crippen molar-refractivity contribution < 1.29 is 4.79 Å². The summed E-state index contributed by atoms with van der Waals surface area (Å²) in [5, 5.41) is 8.40. The summed E-state index contributed by atoms with van der Waals surface area (Å²) in [5.41, 5.74) is 5.56. The maximum absolute atomic E-state index is 11.5. The molecule has 0 fully saturated rings. The van der Waals surface area contributed by atoms with Crippen LogP contribution in [-0.2, 0) is 4.79 Å². The Bertz CT molecular complexity index is 208. The van der Waals surface area contributed by atoms with Crippen molar-refractivity contribution in [3.8, 4) is 6.07 Å². The molecule has 2 N–H and O–H groups in total. The molecule has 0 saturated heterocycles. The summed E-state index contributed by atoms with van der Waals surface area (Å²) in [4.78, 5) is 13.2. The summed E-state index contributed by atoms with van der Waals surface area (Å²) in [7, 11) is 0. The normalized spacial score (nSPS) is 11.9. The van der Waals surface area contributed by atoms with Gasteiger partial charge in [0.1, 0.15) is 0 Å². The van der Waals surface area contributed by atoms with Gasteiger partial charge in [0.15, 0.2) is 0 Å². The average molecular weight is 197 g/mol. The predicted octanol–water partition coefficient (Wildman–Crippen LogP) is 0.876. The summed E-state index contributed by atoms with van der Waals surface area (Å²) in [6, 6.07) is 2.10. The molecule has 0 aromatic heterocycles. The lowest BCUT2D eigenvalue weighted by molar-refractivity contribution is -0.131. The highest BCUT2D eigenvalue weighted by atomic mass is 16.2. The molecule has 0 saturated carbocycles. The zero-order valence-corrected chi connectivity index (χ0v) is 8.99. The quantitative estimate of drug-likeness (QED) is 0.687. The van der Waals surface area contributed by atoms with Crippen molar-refractivity contribution in [2.75, 3.05) is 13.1 Å². The summed E-state index contributed by atoms with van der Waals surface area (Å²) >= 11 is 0. The van der Waals surface area contributed by atoms with E-state index in [1.54, 1.807) is 4.90 Å². The second-order valence-corrected chi connectivity index (χ2v) is 3.40. The van der Waals surface area contributed by atoms with E-state index in [9.17, 15) is 4.79 Å². The molecule has 0 bridgehead atoms. The lowest BCUT2D eigenvalue weighted by Gasteiger charge is -2.19. The first kappa shape index (κ1) is 12.9. The average Bonchev–Trinajstić information content (AvgIpc) is 2.16. The van der Waals surface area contributed by atoms with E-state index in [4.69, 9.17) is 11.0 Å². The van der Waals surface area contributed by atoms with Crippen LogP contribution in [0.15, 0.2) is 0 Å². The maximum atomic E-state index is 11.5. The van der Waals surface area contributed by atoms with Gasteiger partial charge in [0, 0.05) is 25.6 Å². The number of nitrogens with zero attached hydrogens (tertiary/aromatic N) is 2. The van der Waals surface area contributed by atoms with Crippen molar-refractivity contribution in [1.29, 1.82) is 5.26 Å². The highest BCUT2D eigenvalue weighted by molar-refractivity contribution is 5.76. The van der Waals surface area contributed by atoms with E-state index in [-0.39, 0.29) is 11.9 Å². The molecule has 0 radical (unpaired) electrons. The number of hydrogen-bond acceptors (Lipinski definition) is 3. The van der Waals surface area contributed by atoms with Gasteiger partial charge in [-0.3, -0.25) is 4.79 Å². The van der Waals surface area contributed by atoms with Gasteiger partial charge in [-0.15, -0.1) is 0 Å². The molecule has 0 aromatic carbocycles. The molecule has 1 unspecified atom stereocenters. The minimum Gasteiger partial charge on any atom is -0.342 e. The van der Waals surface area contributed by atoms with Gasteiger partial charge in [-0.1, -0.05) is 0 Å². The fourth-order valence-corrected chi connectivity index (χ4v) is 1.15. The molecule has 4 nitrogen and oxygen atoms in total. The number of nitrogens with two attached hydrogens (primary N) is 1. The van der Waals surface area contributed by atoms with Crippen LogP contribution in [0.25, 0.3) is 0 Å². The Kier molecular flexibility index (Phi) is 6.77. The Morgan fingerprint density at radius 1 is 1.64 bits per heavy atom. The zero-order chi connectivity index (χ0) is 11.0. The minimum atomic E-state index is 0.0635. The molecule has 1 atom stereocenters. The fraction of sp³-hybridized carbons (Fsp3) is 0.800. The van der Waals surface area contributed by atoms with Crippen molar-refractivity contribution in [3.63, 3.8) is 0 Å². The molecule has 0 rings (SSSR count). The molecule has 0 aliphatic carbocycles. The molecule has 80 valence electrons. The first-order valence-corrected chi connectivity index (χ1v) is 5.02. The molecular weight excluding hydrogens is 178 g/mol. The van der Waals surface area contributed by atoms with Gasteiger partial charge in [0.25, 0.3) is 0 Å². The van der Waals surface area contributed by atoms with Crippen molar-refractivity contribution in [2.45, 2.75) is 39.2 Å². The number of nitriles is 1. The van der Waals surface area contributed by atoms with Crippen molar-refractivity contribution >= 4 is 5.91 Å². The number of amides is 1. The number of carbonyl (C=O) groups excluding carboxylic acids is 1. The van der Waals surface area contributed by atoms with Crippen LogP contribution >= 0.6 is 0 Å². The predicted molar refractivity (Wildman–Crippen MR) is 55.4 cm³/mol. The fourth-order valence-electron chi connectivity index (χ4n) is 1.15. The third-order valence-corrected chi connectivity index (χ3v) is 2.04. The van der Waals surface area contributed by atoms with Crippen LogP contribution in [0.4, 0.5) is 0 Å². The van der Waals surface area contributed by atoms with Crippen LogP contribution in [0.2, 0.25) is 0 Å². The Labute approximate surface area is 85.7 Å². The van der Waals surface area contributed by atoms with Gasteiger partial charge < -0.3 is 10.6 Å². The van der Waals surface area contributed by atoms with Crippen LogP contribution in [0.5, 0.6) is 0 Å². The SMILES string of the molecule is CCN(CCC#N)C(=O)CCC(C)N. The van der Waals surface area contributed by atoms with Gasteiger partial charge in [0.2, 0.25) is 5.91 Å². The second-order valence-electron chi connectivity index (χ2n) is 3.40. The van der Waals surface area contributed by atoms with E-state index in [2.05, 4.69) is 0 Å². The van der Waals surface area contributed by atoms with Gasteiger partial charge in [-0.05, 0) is 20.3 Å². The Morgan fingerprint density at radius 2 is 2.29 bits per heavy atom. The Morgan fingerprint density at radius 3 is 2.71 bits per heavy atom. The van der Waals surface area contributed by atoms with Crippen molar-refractivity contribution in [3.05, 3.63) is 0 Å². The van der Waals surface area contributed by atoms with Crippen LogP contribution in [0.3, 0.4) is 0 Å². The van der Waals surface area contributed by atoms with E-state index >= 15 is 0 Å². The largest absolute Gasteiger partial charge is 0.342 e. The van der Waals surface area contributed by atoms with Gasteiger partial charge in [-0.25, -0.2) is 0 Å². The molecule has 0 spiro atoms.